The Labute approximate surface area is 93.1 Å². The standard InChI is InChI=1S/C10H15N3OS/c1-7-4-11-5-8(7)10(14)13-6-9-12-2-3-15-9/h2-3,7-8,11H,4-6H2,1H3,(H,13,14)/t7-,8-/m1/s1. The number of nitrogens with one attached hydrogen (secondary N) is 2. The van der Waals surface area contributed by atoms with Crippen molar-refractivity contribution in [2.75, 3.05) is 13.1 Å². The first kappa shape index (κ1) is 10.6. The van der Waals surface area contributed by atoms with Gasteiger partial charge in [0.1, 0.15) is 5.01 Å². The highest BCUT2D eigenvalue weighted by Gasteiger charge is 2.29. The third-order valence-electron chi connectivity index (χ3n) is 2.75. The van der Waals surface area contributed by atoms with E-state index in [9.17, 15) is 4.79 Å². The maximum absolute atomic E-state index is 11.8. The van der Waals surface area contributed by atoms with Gasteiger partial charge in [0.15, 0.2) is 0 Å². The van der Waals surface area contributed by atoms with Gasteiger partial charge in [0, 0.05) is 18.1 Å². The van der Waals surface area contributed by atoms with Gasteiger partial charge in [-0.3, -0.25) is 4.79 Å². The number of carbonyl (C=O) groups is 1. The Morgan fingerprint density at radius 3 is 3.20 bits per heavy atom. The number of hydrogen-bond donors (Lipinski definition) is 2. The molecule has 1 aliphatic rings. The smallest absolute Gasteiger partial charge is 0.225 e. The fourth-order valence-corrected chi connectivity index (χ4v) is 2.35. The Morgan fingerprint density at radius 1 is 1.73 bits per heavy atom. The summed E-state index contributed by atoms with van der Waals surface area (Å²) in [7, 11) is 0. The van der Waals surface area contributed by atoms with E-state index in [4.69, 9.17) is 0 Å². The van der Waals surface area contributed by atoms with Gasteiger partial charge in [0.05, 0.1) is 12.5 Å². The van der Waals surface area contributed by atoms with Crippen LogP contribution in [0.1, 0.15) is 11.9 Å². The summed E-state index contributed by atoms with van der Waals surface area (Å²) < 4.78 is 0. The second kappa shape index (κ2) is 4.72. The highest BCUT2D eigenvalue weighted by molar-refractivity contribution is 7.09. The van der Waals surface area contributed by atoms with Gasteiger partial charge in [-0.15, -0.1) is 11.3 Å². The first-order valence-electron chi connectivity index (χ1n) is 5.14. The molecule has 0 unspecified atom stereocenters. The third-order valence-corrected chi connectivity index (χ3v) is 3.53. The molecule has 0 aromatic carbocycles. The molecule has 0 bridgehead atoms. The molecule has 0 spiro atoms. The lowest BCUT2D eigenvalue weighted by Crippen LogP contribution is -2.33. The van der Waals surface area contributed by atoms with Crippen LogP contribution in [0.4, 0.5) is 0 Å². The summed E-state index contributed by atoms with van der Waals surface area (Å²) in [5, 5.41) is 9.03. The van der Waals surface area contributed by atoms with Crippen molar-refractivity contribution in [1.82, 2.24) is 15.6 Å². The Balaban J connectivity index is 1.82. The summed E-state index contributed by atoms with van der Waals surface area (Å²) in [4.78, 5) is 15.9. The van der Waals surface area contributed by atoms with Crippen LogP contribution in [0.15, 0.2) is 11.6 Å². The average Bonchev–Trinajstić information content (AvgIpc) is 2.84. The molecule has 2 atom stereocenters. The van der Waals surface area contributed by atoms with E-state index in [-0.39, 0.29) is 11.8 Å². The Kier molecular flexibility index (Phi) is 3.33. The lowest BCUT2D eigenvalue weighted by atomic mass is 9.97. The summed E-state index contributed by atoms with van der Waals surface area (Å²) in [6, 6.07) is 0. The molecule has 1 saturated heterocycles. The zero-order valence-electron chi connectivity index (χ0n) is 8.69. The van der Waals surface area contributed by atoms with Crippen LogP contribution in [-0.2, 0) is 11.3 Å². The number of nitrogens with zero attached hydrogens (tertiary/aromatic N) is 1. The molecule has 2 N–H and O–H groups in total. The fourth-order valence-electron chi connectivity index (χ4n) is 1.80. The minimum absolute atomic E-state index is 0.116. The van der Waals surface area contributed by atoms with Crippen molar-refractivity contribution >= 4 is 17.2 Å². The Morgan fingerprint density at radius 2 is 2.60 bits per heavy atom. The molecular formula is C10H15N3OS. The van der Waals surface area contributed by atoms with Crippen molar-refractivity contribution in [2.24, 2.45) is 11.8 Å². The van der Waals surface area contributed by atoms with Crippen LogP contribution < -0.4 is 10.6 Å². The first-order valence-corrected chi connectivity index (χ1v) is 6.02. The van der Waals surface area contributed by atoms with Gasteiger partial charge in [-0.25, -0.2) is 4.98 Å². The predicted octanol–water partition coefficient (Wildman–Crippen LogP) is 0.615. The van der Waals surface area contributed by atoms with Gasteiger partial charge in [0.25, 0.3) is 0 Å². The molecule has 1 aromatic heterocycles. The third kappa shape index (κ3) is 2.54. The van der Waals surface area contributed by atoms with Crippen LogP contribution in [0.2, 0.25) is 0 Å². The number of aromatic nitrogens is 1. The highest BCUT2D eigenvalue weighted by Crippen LogP contribution is 2.15. The van der Waals surface area contributed by atoms with E-state index >= 15 is 0 Å². The van der Waals surface area contributed by atoms with Gasteiger partial charge in [-0.05, 0) is 12.5 Å². The highest BCUT2D eigenvalue weighted by atomic mass is 32.1. The lowest BCUT2D eigenvalue weighted by molar-refractivity contribution is -0.125. The van der Waals surface area contributed by atoms with Crippen LogP contribution in [0.25, 0.3) is 0 Å². The molecule has 2 heterocycles. The molecule has 15 heavy (non-hydrogen) atoms. The number of thiazole rings is 1. The molecular weight excluding hydrogens is 210 g/mol. The number of rotatable bonds is 3. The molecule has 4 nitrogen and oxygen atoms in total. The first-order chi connectivity index (χ1) is 7.27. The fraction of sp³-hybridized carbons (Fsp3) is 0.600. The predicted molar refractivity (Wildman–Crippen MR) is 59.5 cm³/mol. The lowest BCUT2D eigenvalue weighted by Gasteiger charge is -2.13. The van der Waals surface area contributed by atoms with E-state index in [1.54, 1.807) is 17.5 Å². The zero-order chi connectivity index (χ0) is 10.7. The average molecular weight is 225 g/mol. The molecule has 0 radical (unpaired) electrons. The SMILES string of the molecule is C[C@@H]1CNC[C@H]1C(=O)NCc1nccs1. The van der Waals surface area contributed by atoms with E-state index in [0.717, 1.165) is 18.1 Å². The van der Waals surface area contributed by atoms with Crippen LogP contribution >= 0.6 is 11.3 Å². The van der Waals surface area contributed by atoms with E-state index in [2.05, 4.69) is 22.5 Å². The minimum atomic E-state index is 0.116. The molecule has 1 aromatic rings. The van der Waals surface area contributed by atoms with Crippen molar-refractivity contribution in [3.63, 3.8) is 0 Å². The van der Waals surface area contributed by atoms with Gasteiger partial charge >= 0.3 is 0 Å². The molecule has 0 saturated carbocycles. The monoisotopic (exact) mass is 225 g/mol. The quantitative estimate of drug-likeness (QED) is 0.792. The zero-order valence-corrected chi connectivity index (χ0v) is 9.51. The summed E-state index contributed by atoms with van der Waals surface area (Å²) in [5.74, 6) is 0.689. The van der Waals surface area contributed by atoms with E-state index in [1.807, 2.05) is 5.38 Å². The van der Waals surface area contributed by atoms with Crippen LogP contribution in [0, 0.1) is 11.8 Å². The van der Waals surface area contributed by atoms with Gasteiger partial charge in [-0.2, -0.15) is 0 Å². The maximum atomic E-state index is 11.8. The largest absolute Gasteiger partial charge is 0.349 e. The van der Waals surface area contributed by atoms with E-state index in [0.29, 0.717) is 12.5 Å². The van der Waals surface area contributed by atoms with Crippen molar-refractivity contribution in [3.8, 4) is 0 Å². The maximum Gasteiger partial charge on any atom is 0.225 e. The Bertz CT molecular complexity index is 325. The van der Waals surface area contributed by atoms with E-state index < -0.39 is 0 Å². The van der Waals surface area contributed by atoms with Crippen molar-refractivity contribution in [1.29, 1.82) is 0 Å². The number of amides is 1. The minimum Gasteiger partial charge on any atom is -0.349 e. The molecule has 2 rings (SSSR count). The van der Waals surface area contributed by atoms with Gasteiger partial charge in [0.2, 0.25) is 5.91 Å². The van der Waals surface area contributed by atoms with Gasteiger partial charge in [-0.1, -0.05) is 6.92 Å². The van der Waals surface area contributed by atoms with Crippen LogP contribution in [0.3, 0.4) is 0 Å². The summed E-state index contributed by atoms with van der Waals surface area (Å²) in [6.45, 7) is 4.40. The Hall–Kier alpha value is -0.940. The van der Waals surface area contributed by atoms with Crippen molar-refractivity contribution in [3.05, 3.63) is 16.6 Å². The second-order valence-corrected chi connectivity index (χ2v) is 4.86. The van der Waals surface area contributed by atoms with E-state index in [1.165, 1.54) is 0 Å². The number of carbonyl (C=O) groups excluding carboxylic acids is 1. The summed E-state index contributed by atoms with van der Waals surface area (Å²) in [5.41, 5.74) is 0. The summed E-state index contributed by atoms with van der Waals surface area (Å²) >= 11 is 1.57. The van der Waals surface area contributed by atoms with Crippen molar-refractivity contribution < 1.29 is 4.79 Å². The van der Waals surface area contributed by atoms with Gasteiger partial charge < -0.3 is 10.6 Å². The second-order valence-electron chi connectivity index (χ2n) is 3.89. The topological polar surface area (TPSA) is 54.0 Å². The summed E-state index contributed by atoms with van der Waals surface area (Å²) in [6.07, 6.45) is 1.76. The van der Waals surface area contributed by atoms with Crippen LogP contribution in [0.5, 0.6) is 0 Å². The molecule has 1 amide bonds. The number of hydrogen-bond acceptors (Lipinski definition) is 4. The normalized spacial score (nSPS) is 25.4. The van der Waals surface area contributed by atoms with Crippen LogP contribution in [-0.4, -0.2) is 24.0 Å². The molecule has 5 heteroatoms. The van der Waals surface area contributed by atoms with Crippen molar-refractivity contribution in [2.45, 2.75) is 13.5 Å². The molecule has 0 aliphatic carbocycles. The molecule has 1 aliphatic heterocycles. The molecule has 1 fully saturated rings. The molecule has 82 valence electrons.